The first-order valence-electron chi connectivity index (χ1n) is 9.83. The third kappa shape index (κ3) is 5.15. The highest BCUT2D eigenvalue weighted by Gasteiger charge is 2.13. The molecule has 3 aromatic rings. The van der Waals surface area contributed by atoms with Crippen molar-refractivity contribution in [3.63, 3.8) is 0 Å². The summed E-state index contributed by atoms with van der Waals surface area (Å²) >= 11 is 0. The highest BCUT2D eigenvalue weighted by atomic mass is 16.5. The lowest BCUT2D eigenvalue weighted by atomic mass is 9.99. The van der Waals surface area contributed by atoms with Gasteiger partial charge in [-0.25, -0.2) is 4.98 Å². The number of methoxy groups -OCH3 is 1. The summed E-state index contributed by atoms with van der Waals surface area (Å²) in [4.78, 5) is 19.1. The highest BCUT2D eigenvalue weighted by Crippen LogP contribution is 2.31. The van der Waals surface area contributed by atoms with E-state index in [1.807, 2.05) is 80.5 Å². The molecule has 0 saturated carbocycles. The standard InChI is InChI=1S/C24H28N4O2/c1-16(15-28(2)3)27-24(29)19-9-5-7-17(11-19)20-13-22(23(25)26-14-20)18-8-6-10-21(12-18)30-4/h5-14,16H,15H2,1-4H3,(H2,25,26)(H,27,29). The average molecular weight is 405 g/mol. The van der Waals surface area contributed by atoms with Crippen molar-refractivity contribution >= 4 is 11.7 Å². The zero-order valence-corrected chi connectivity index (χ0v) is 17.8. The van der Waals surface area contributed by atoms with E-state index in [4.69, 9.17) is 10.5 Å². The van der Waals surface area contributed by atoms with Crippen LogP contribution in [0.25, 0.3) is 22.3 Å². The largest absolute Gasteiger partial charge is 0.497 e. The number of nitrogen functional groups attached to an aromatic ring is 1. The fourth-order valence-corrected chi connectivity index (χ4v) is 3.40. The molecule has 0 aliphatic heterocycles. The van der Waals surface area contributed by atoms with E-state index in [9.17, 15) is 4.79 Å². The molecule has 1 heterocycles. The Bertz CT molecular complexity index is 1030. The topological polar surface area (TPSA) is 80.5 Å². The number of likely N-dealkylation sites (N-methyl/N-ethyl adjacent to an activating group) is 1. The van der Waals surface area contributed by atoms with Gasteiger partial charge >= 0.3 is 0 Å². The van der Waals surface area contributed by atoms with Crippen LogP contribution in [0.15, 0.2) is 60.8 Å². The number of nitrogens with zero attached hydrogens (tertiary/aromatic N) is 2. The number of pyridine rings is 1. The summed E-state index contributed by atoms with van der Waals surface area (Å²) in [6.07, 6.45) is 1.73. The van der Waals surface area contributed by atoms with Crippen LogP contribution in [0.1, 0.15) is 17.3 Å². The first kappa shape index (κ1) is 21.3. The third-order valence-electron chi connectivity index (χ3n) is 4.77. The molecule has 2 aromatic carbocycles. The number of carbonyl (C=O) groups excluding carboxylic acids is 1. The summed E-state index contributed by atoms with van der Waals surface area (Å²) in [5.74, 6) is 1.10. The number of ether oxygens (including phenoxy) is 1. The summed E-state index contributed by atoms with van der Waals surface area (Å²) in [7, 11) is 5.60. The van der Waals surface area contributed by atoms with Crippen molar-refractivity contribution in [2.45, 2.75) is 13.0 Å². The predicted molar refractivity (Wildman–Crippen MR) is 122 cm³/mol. The molecule has 1 unspecified atom stereocenters. The number of benzene rings is 2. The number of amides is 1. The minimum Gasteiger partial charge on any atom is -0.497 e. The van der Waals surface area contributed by atoms with Crippen molar-refractivity contribution in [1.29, 1.82) is 0 Å². The summed E-state index contributed by atoms with van der Waals surface area (Å²) < 4.78 is 5.32. The highest BCUT2D eigenvalue weighted by molar-refractivity contribution is 5.95. The van der Waals surface area contributed by atoms with Gasteiger partial charge in [-0.15, -0.1) is 0 Å². The summed E-state index contributed by atoms with van der Waals surface area (Å²) in [6.45, 7) is 2.77. The number of hydrogen-bond acceptors (Lipinski definition) is 5. The number of nitrogens with two attached hydrogens (primary N) is 1. The second-order valence-corrected chi connectivity index (χ2v) is 7.61. The Morgan fingerprint density at radius 3 is 2.57 bits per heavy atom. The fraction of sp³-hybridized carbons (Fsp3) is 0.250. The first-order valence-corrected chi connectivity index (χ1v) is 9.83. The van der Waals surface area contributed by atoms with Gasteiger partial charge in [0.25, 0.3) is 5.91 Å². The van der Waals surface area contributed by atoms with Crippen molar-refractivity contribution in [2.75, 3.05) is 33.5 Å². The molecule has 0 saturated heterocycles. The Hall–Kier alpha value is -3.38. The van der Waals surface area contributed by atoms with E-state index < -0.39 is 0 Å². The molecule has 6 nitrogen and oxygen atoms in total. The van der Waals surface area contributed by atoms with E-state index in [0.29, 0.717) is 11.4 Å². The molecule has 6 heteroatoms. The number of rotatable bonds is 7. The van der Waals surface area contributed by atoms with Crippen LogP contribution in [0.4, 0.5) is 5.82 Å². The van der Waals surface area contributed by atoms with Crippen LogP contribution in [0.3, 0.4) is 0 Å². The van der Waals surface area contributed by atoms with Gasteiger partial charge in [-0.1, -0.05) is 24.3 Å². The Labute approximate surface area is 177 Å². The van der Waals surface area contributed by atoms with E-state index in [1.54, 1.807) is 13.3 Å². The molecule has 0 fully saturated rings. The summed E-state index contributed by atoms with van der Waals surface area (Å²) in [6, 6.07) is 17.3. The van der Waals surface area contributed by atoms with Crippen LogP contribution in [0, 0.1) is 0 Å². The van der Waals surface area contributed by atoms with Crippen LogP contribution in [0.2, 0.25) is 0 Å². The number of aromatic nitrogens is 1. The smallest absolute Gasteiger partial charge is 0.251 e. The van der Waals surface area contributed by atoms with Gasteiger partial charge in [0.2, 0.25) is 0 Å². The Morgan fingerprint density at radius 2 is 1.83 bits per heavy atom. The number of nitrogens with one attached hydrogen (secondary N) is 1. The van der Waals surface area contributed by atoms with Gasteiger partial charge in [0.05, 0.1) is 7.11 Å². The molecule has 3 N–H and O–H groups in total. The Kier molecular flexibility index (Phi) is 6.69. The lowest BCUT2D eigenvalue weighted by Gasteiger charge is -2.18. The number of hydrogen-bond donors (Lipinski definition) is 2. The van der Waals surface area contributed by atoms with Gasteiger partial charge in [-0.2, -0.15) is 0 Å². The second-order valence-electron chi connectivity index (χ2n) is 7.61. The van der Waals surface area contributed by atoms with Gasteiger partial charge in [-0.3, -0.25) is 4.79 Å². The monoisotopic (exact) mass is 404 g/mol. The molecular formula is C24H28N4O2. The zero-order chi connectivity index (χ0) is 21.7. The third-order valence-corrected chi connectivity index (χ3v) is 4.77. The lowest BCUT2D eigenvalue weighted by Crippen LogP contribution is -2.39. The van der Waals surface area contributed by atoms with Crippen molar-refractivity contribution < 1.29 is 9.53 Å². The molecule has 0 bridgehead atoms. The molecule has 0 spiro atoms. The maximum absolute atomic E-state index is 12.7. The molecule has 1 amide bonds. The SMILES string of the molecule is COc1cccc(-c2cc(-c3cccc(C(=O)NC(C)CN(C)C)c3)cnc2N)c1. The van der Waals surface area contributed by atoms with E-state index >= 15 is 0 Å². The molecule has 0 aliphatic rings. The summed E-state index contributed by atoms with van der Waals surface area (Å²) in [5, 5.41) is 3.04. The van der Waals surface area contributed by atoms with Crippen LogP contribution >= 0.6 is 0 Å². The molecule has 0 aliphatic carbocycles. The van der Waals surface area contributed by atoms with Gasteiger partial charge in [0, 0.05) is 35.5 Å². The first-order chi connectivity index (χ1) is 14.4. The number of anilines is 1. The van der Waals surface area contributed by atoms with Crippen LogP contribution in [0.5, 0.6) is 5.75 Å². The van der Waals surface area contributed by atoms with Crippen molar-refractivity contribution in [3.8, 4) is 28.0 Å². The van der Waals surface area contributed by atoms with Crippen LogP contribution in [-0.4, -0.2) is 49.6 Å². The lowest BCUT2D eigenvalue weighted by molar-refractivity contribution is 0.0934. The van der Waals surface area contributed by atoms with E-state index in [2.05, 4.69) is 10.3 Å². The van der Waals surface area contributed by atoms with Gasteiger partial charge in [0.15, 0.2) is 0 Å². The Morgan fingerprint density at radius 1 is 1.10 bits per heavy atom. The predicted octanol–water partition coefficient (Wildman–Crippen LogP) is 3.69. The van der Waals surface area contributed by atoms with Gasteiger partial charge in [-0.05, 0) is 62.5 Å². The quantitative estimate of drug-likeness (QED) is 0.628. The average Bonchev–Trinajstić information content (AvgIpc) is 2.73. The Balaban J connectivity index is 1.89. The van der Waals surface area contributed by atoms with E-state index in [0.717, 1.165) is 34.5 Å². The zero-order valence-electron chi connectivity index (χ0n) is 17.8. The molecule has 156 valence electrons. The maximum Gasteiger partial charge on any atom is 0.251 e. The van der Waals surface area contributed by atoms with E-state index in [1.165, 1.54) is 0 Å². The molecule has 1 atom stereocenters. The van der Waals surface area contributed by atoms with Crippen LogP contribution in [-0.2, 0) is 0 Å². The van der Waals surface area contributed by atoms with E-state index in [-0.39, 0.29) is 11.9 Å². The molecule has 0 radical (unpaired) electrons. The molecular weight excluding hydrogens is 376 g/mol. The maximum atomic E-state index is 12.7. The van der Waals surface area contributed by atoms with Crippen molar-refractivity contribution in [3.05, 3.63) is 66.4 Å². The van der Waals surface area contributed by atoms with Gasteiger partial charge in [0.1, 0.15) is 11.6 Å². The number of carbonyl (C=O) groups is 1. The van der Waals surface area contributed by atoms with Crippen molar-refractivity contribution in [1.82, 2.24) is 15.2 Å². The second kappa shape index (κ2) is 9.41. The normalized spacial score (nSPS) is 11.9. The molecule has 3 rings (SSSR count). The molecule has 1 aromatic heterocycles. The summed E-state index contributed by atoms with van der Waals surface area (Å²) in [5.41, 5.74) is 10.3. The van der Waals surface area contributed by atoms with Gasteiger partial charge < -0.3 is 20.7 Å². The minimum absolute atomic E-state index is 0.0500. The van der Waals surface area contributed by atoms with Crippen LogP contribution < -0.4 is 15.8 Å². The molecule has 30 heavy (non-hydrogen) atoms. The fourth-order valence-electron chi connectivity index (χ4n) is 3.40. The van der Waals surface area contributed by atoms with Crippen molar-refractivity contribution in [2.24, 2.45) is 0 Å². The minimum atomic E-state index is -0.0948.